The van der Waals surface area contributed by atoms with Crippen LogP contribution in [0, 0.1) is 0 Å². The Bertz CT molecular complexity index is 409. The second-order valence-electron chi connectivity index (χ2n) is 2.57. The van der Waals surface area contributed by atoms with Gasteiger partial charge in [0.15, 0.2) is 0 Å². The number of rotatable bonds is 3. The molecule has 1 aromatic heterocycles. The third kappa shape index (κ3) is 3.82. The maximum atomic E-state index is 11.7. The van der Waals surface area contributed by atoms with Crippen molar-refractivity contribution in [3.63, 3.8) is 0 Å². The lowest BCUT2D eigenvalue weighted by molar-refractivity contribution is -0.0328. The van der Waals surface area contributed by atoms with Crippen molar-refractivity contribution in [3.8, 4) is 0 Å². The Hall–Kier alpha value is -1.18. The molecule has 0 aliphatic carbocycles. The Kier molecular flexibility index (Phi) is 3.61. The fraction of sp³-hybridized carbons (Fsp3) is 0.429. The van der Waals surface area contributed by atoms with Crippen molar-refractivity contribution in [2.24, 2.45) is 0 Å². The lowest BCUT2D eigenvalue weighted by Gasteiger charge is -2.05. The van der Waals surface area contributed by atoms with E-state index in [1.165, 1.54) is 0 Å². The standard InChI is InChI=1S/C7H7F3N2O2S/c8-7(9,10)15-4-3-12-5(13)1-2-11-6(12)14/h1-2H,3-4H2,(H,11,14). The van der Waals surface area contributed by atoms with E-state index in [0.29, 0.717) is 0 Å². The van der Waals surface area contributed by atoms with E-state index in [0.717, 1.165) is 16.8 Å². The Balaban J connectivity index is 2.67. The van der Waals surface area contributed by atoms with Crippen LogP contribution >= 0.6 is 11.8 Å². The number of thioether (sulfide) groups is 1. The molecule has 0 saturated heterocycles. The molecule has 0 aromatic carbocycles. The number of hydrogen-bond acceptors (Lipinski definition) is 3. The topological polar surface area (TPSA) is 54.9 Å². The van der Waals surface area contributed by atoms with Crippen LogP contribution in [-0.4, -0.2) is 20.8 Å². The molecule has 1 N–H and O–H groups in total. The van der Waals surface area contributed by atoms with Gasteiger partial charge in [0.1, 0.15) is 0 Å². The zero-order valence-electron chi connectivity index (χ0n) is 7.37. The molecule has 1 rings (SSSR count). The van der Waals surface area contributed by atoms with Crippen molar-refractivity contribution in [2.45, 2.75) is 12.1 Å². The van der Waals surface area contributed by atoms with Gasteiger partial charge < -0.3 is 4.98 Å². The Morgan fingerprint density at radius 3 is 2.60 bits per heavy atom. The molecule has 0 atom stereocenters. The smallest absolute Gasteiger partial charge is 0.314 e. The highest BCUT2D eigenvalue weighted by Gasteiger charge is 2.27. The third-order valence-corrected chi connectivity index (χ3v) is 2.24. The molecule has 0 unspecified atom stereocenters. The SMILES string of the molecule is O=c1cc[nH]c(=O)n1CCSC(F)(F)F. The number of halogens is 3. The quantitative estimate of drug-likeness (QED) is 0.849. The minimum atomic E-state index is -4.34. The van der Waals surface area contributed by atoms with Crippen molar-refractivity contribution in [1.82, 2.24) is 9.55 Å². The normalized spacial score (nSPS) is 11.7. The summed E-state index contributed by atoms with van der Waals surface area (Å²) in [6.07, 6.45) is 1.15. The van der Waals surface area contributed by atoms with E-state index in [-0.39, 0.29) is 24.1 Å². The fourth-order valence-corrected chi connectivity index (χ4v) is 1.42. The Morgan fingerprint density at radius 2 is 2.07 bits per heavy atom. The van der Waals surface area contributed by atoms with E-state index >= 15 is 0 Å². The summed E-state index contributed by atoms with van der Waals surface area (Å²) in [6, 6.07) is 1.08. The summed E-state index contributed by atoms with van der Waals surface area (Å²) < 4.78 is 36.0. The molecule has 15 heavy (non-hydrogen) atoms. The molecule has 4 nitrogen and oxygen atoms in total. The first kappa shape index (κ1) is 11.9. The zero-order chi connectivity index (χ0) is 11.5. The van der Waals surface area contributed by atoms with Crippen molar-refractivity contribution in [2.75, 3.05) is 5.75 Å². The summed E-state index contributed by atoms with van der Waals surface area (Å²) in [7, 11) is 0. The molecule has 0 amide bonds. The van der Waals surface area contributed by atoms with Gasteiger partial charge in [-0.2, -0.15) is 13.2 Å². The molecule has 0 spiro atoms. The Morgan fingerprint density at radius 1 is 1.40 bits per heavy atom. The second kappa shape index (κ2) is 4.56. The van der Waals surface area contributed by atoms with Crippen molar-refractivity contribution in [1.29, 1.82) is 0 Å². The molecular weight excluding hydrogens is 233 g/mol. The minimum absolute atomic E-state index is 0.265. The second-order valence-corrected chi connectivity index (χ2v) is 3.73. The van der Waals surface area contributed by atoms with E-state index in [1.807, 2.05) is 0 Å². The summed E-state index contributed by atoms with van der Waals surface area (Å²) in [5.74, 6) is -0.365. The van der Waals surface area contributed by atoms with Gasteiger partial charge in [0.25, 0.3) is 5.56 Å². The maximum absolute atomic E-state index is 11.7. The molecule has 0 bridgehead atoms. The highest BCUT2D eigenvalue weighted by Crippen LogP contribution is 2.29. The predicted octanol–water partition coefficient (Wildman–Crippen LogP) is 0.790. The lowest BCUT2D eigenvalue weighted by Crippen LogP contribution is -2.34. The summed E-state index contributed by atoms with van der Waals surface area (Å²) in [5, 5.41) is 0. The van der Waals surface area contributed by atoms with Gasteiger partial charge in [0, 0.05) is 24.6 Å². The largest absolute Gasteiger partial charge is 0.441 e. The third-order valence-electron chi connectivity index (χ3n) is 1.52. The van der Waals surface area contributed by atoms with E-state index in [1.54, 1.807) is 0 Å². The van der Waals surface area contributed by atoms with Crippen LogP contribution in [0.3, 0.4) is 0 Å². The van der Waals surface area contributed by atoms with Gasteiger partial charge in [-0.05, 0) is 11.8 Å². The number of hydrogen-bond donors (Lipinski definition) is 1. The van der Waals surface area contributed by atoms with Gasteiger partial charge >= 0.3 is 11.2 Å². The van der Waals surface area contributed by atoms with Crippen LogP contribution in [0.15, 0.2) is 21.9 Å². The first-order valence-corrected chi connectivity index (χ1v) is 4.88. The number of H-pyrrole nitrogens is 1. The van der Waals surface area contributed by atoms with Gasteiger partial charge in [0.2, 0.25) is 0 Å². The fourth-order valence-electron chi connectivity index (χ4n) is 0.917. The van der Waals surface area contributed by atoms with Crippen LogP contribution in [0.25, 0.3) is 0 Å². The van der Waals surface area contributed by atoms with Crippen LogP contribution in [0.5, 0.6) is 0 Å². The number of nitrogens with one attached hydrogen (secondary N) is 1. The summed E-state index contributed by atoms with van der Waals surface area (Å²) in [5.41, 5.74) is -5.66. The van der Waals surface area contributed by atoms with Gasteiger partial charge in [-0.1, -0.05) is 0 Å². The molecule has 0 aliphatic rings. The number of aromatic nitrogens is 2. The summed E-state index contributed by atoms with van der Waals surface area (Å²) >= 11 is -0.267. The lowest BCUT2D eigenvalue weighted by atomic mass is 10.6. The van der Waals surface area contributed by atoms with Crippen molar-refractivity contribution >= 4 is 11.8 Å². The molecule has 84 valence electrons. The van der Waals surface area contributed by atoms with Gasteiger partial charge in [0.05, 0.1) is 0 Å². The van der Waals surface area contributed by atoms with Crippen LogP contribution in [-0.2, 0) is 6.54 Å². The zero-order valence-corrected chi connectivity index (χ0v) is 8.19. The van der Waals surface area contributed by atoms with Gasteiger partial charge in [-0.3, -0.25) is 9.36 Å². The van der Waals surface area contributed by atoms with Gasteiger partial charge in [-0.15, -0.1) is 0 Å². The number of aromatic amines is 1. The van der Waals surface area contributed by atoms with Gasteiger partial charge in [-0.25, -0.2) is 4.79 Å². The molecule has 1 aromatic rings. The predicted molar refractivity (Wildman–Crippen MR) is 49.8 cm³/mol. The van der Waals surface area contributed by atoms with E-state index in [2.05, 4.69) is 4.98 Å². The highest BCUT2D eigenvalue weighted by atomic mass is 32.2. The maximum Gasteiger partial charge on any atom is 0.441 e. The minimum Gasteiger partial charge on any atom is -0.314 e. The Labute approximate surface area is 86.1 Å². The monoisotopic (exact) mass is 240 g/mol. The average molecular weight is 240 g/mol. The number of nitrogens with zero attached hydrogens (tertiary/aromatic N) is 1. The summed E-state index contributed by atoms with van der Waals surface area (Å²) in [4.78, 5) is 24.3. The van der Waals surface area contributed by atoms with Crippen molar-refractivity contribution in [3.05, 3.63) is 33.1 Å². The summed E-state index contributed by atoms with van der Waals surface area (Å²) in [6.45, 7) is -0.265. The van der Waals surface area contributed by atoms with E-state index < -0.39 is 16.8 Å². The molecule has 1 heterocycles. The highest BCUT2D eigenvalue weighted by molar-refractivity contribution is 8.00. The molecule has 0 saturated carbocycles. The molecule has 0 aliphatic heterocycles. The van der Waals surface area contributed by atoms with Crippen LogP contribution in [0.4, 0.5) is 13.2 Å². The average Bonchev–Trinajstić information content (AvgIpc) is 2.08. The first-order chi connectivity index (χ1) is 6.90. The van der Waals surface area contributed by atoms with E-state index in [9.17, 15) is 22.8 Å². The number of alkyl halides is 3. The molecule has 8 heteroatoms. The van der Waals surface area contributed by atoms with E-state index in [4.69, 9.17) is 0 Å². The van der Waals surface area contributed by atoms with Crippen LogP contribution in [0.2, 0.25) is 0 Å². The van der Waals surface area contributed by atoms with Crippen LogP contribution in [0.1, 0.15) is 0 Å². The molecular formula is C7H7F3N2O2S. The molecule has 0 radical (unpaired) electrons. The molecule has 0 fully saturated rings. The van der Waals surface area contributed by atoms with Crippen molar-refractivity contribution < 1.29 is 13.2 Å². The first-order valence-electron chi connectivity index (χ1n) is 3.89. The van der Waals surface area contributed by atoms with Crippen LogP contribution < -0.4 is 11.2 Å².